The maximum absolute atomic E-state index is 6.03. The highest BCUT2D eigenvalue weighted by Gasteiger charge is 2.07. The molecule has 0 aliphatic heterocycles. The fourth-order valence-electron chi connectivity index (χ4n) is 1.59. The molecule has 0 saturated carbocycles. The Bertz CT molecular complexity index is 561. The van der Waals surface area contributed by atoms with E-state index in [9.17, 15) is 0 Å². The smallest absolute Gasteiger partial charge is 0.161 e. The zero-order valence-corrected chi connectivity index (χ0v) is 11.9. The van der Waals surface area contributed by atoms with Gasteiger partial charge in [0.2, 0.25) is 0 Å². The van der Waals surface area contributed by atoms with Crippen molar-refractivity contribution in [1.82, 2.24) is 4.98 Å². The highest BCUT2D eigenvalue weighted by molar-refractivity contribution is 6.31. The summed E-state index contributed by atoms with van der Waals surface area (Å²) in [5.74, 6) is 1.74. The third kappa shape index (κ3) is 3.52. The van der Waals surface area contributed by atoms with Gasteiger partial charge in [-0.15, -0.1) is 11.6 Å². The normalized spacial score (nSPS) is 10.3. The molecule has 0 bridgehead atoms. The van der Waals surface area contributed by atoms with Gasteiger partial charge in [0.1, 0.15) is 6.61 Å². The minimum Gasteiger partial charge on any atom is -0.493 e. The Kier molecular flexibility index (Phi) is 4.88. The van der Waals surface area contributed by atoms with Crippen LogP contribution in [0.25, 0.3) is 0 Å². The second-order valence-electron chi connectivity index (χ2n) is 3.87. The summed E-state index contributed by atoms with van der Waals surface area (Å²) >= 11 is 11.8. The van der Waals surface area contributed by atoms with Crippen LogP contribution >= 0.6 is 23.2 Å². The van der Waals surface area contributed by atoms with Crippen LogP contribution in [-0.2, 0) is 12.5 Å². The first kappa shape index (κ1) is 14.0. The molecule has 100 valence electrons. The van der Waals surface area contributed by atoms with Gasteiger partial charge in [-0.2, -0.15) is 0 Å². The maximum atomic E-state index is 6.03. The average Bonchev–Trinajstić information content (AvgIpc) is 2.46. The first-order valence-corrected chi connectivity index (χ1v) is 6.60. The van der Waals surface area contributed by atoms with E-state index in [2.05, 4.69) is 4.98 Å². The van der Waals surface area contributed by atoms with Crippen molar-refractivity contribution in [3.8, 4) is 11.5 Å². The predicted octanol–water partition coefficient (Wildman–Crippen LogP) is 4.06. The number of methoxy groups -OCH3 is 1. The van der Waals surface area contributed by atoms with Crippen molar-refractivity contribution in [2.75, 3.05) is 7.11 Å². The number of aromatic nitrogens is 1. The van der Waals surface area contributed by atoms with Crippen LogP contribution in [0.5, 0.6) is 11.5 Å². The largest absolute Gasteiger partial charge is 0.493 e. The van der Waals surface area contributed by atoms with E-state index >= 15 is 0 Å². The molecule has 2 rings (SSSR count). The van der Waals surface area contributed by atoms with Gasteiger partial charge in [0, 0.05) is 23.8 Å². The van der Waals surface area contributed by atoms with E-state index in [1.54, 1.807) is 19.5 Å². The van der Waals surface area contributed by atoms with E-state index < -0.39 is 0 Å². The summed E-state index contributed by atoms with van der Waals surface area (Å²) < 4.78 is 11.0. The summed E-state index contributed by atoms with van der Waals surface area (Å²) in [5.41, 5.74) is 1.84. The Morgan fingerprint density at radius 1 is 1.21 bits per heavy atom. The number of nitrogens with zero attached hydrogens (tertiary/aromatic N) is 1. The molecular formula is C14H13Cl2NO2. The van der Waals surface area contributed by atoms with Gasteiger partial charge in [0.25, 0.3) is 0 Å². The second kappa shape index (κ2) is 6.64. The van der Waals surface area contributed by atoms with Gasteiger partial charge in [0.05, 0.1) is 12.1 Å². The molecule has 5 heteroatoms. The number of rotatable bonds is 5. The van der Waals surface area contributed by atoms with Crippen molar-refractivity contribution >= 4 is 23.2 Å². The number of halogens is 2. The number of ether oxygens (including phenoxy) is 2. The fourth-order valence-corrected chi connectivity index (χ4v) is 1.93. The molecule has 1 aromatic heterocycles. The predicted molar refractivity (Wildman–Crippen MR) is 76.1 cm³/mol. The van der Waals surface area contributed by atoms with Gasteiger partial charge < -0.3 is 9.47 Å². The summed E-state index contributed by atoms with van der Waals surface area (Å²) in [6.45, 7) is 0.351. The monoisotopic (exact) mass is 297 g/mol. The van der Waals surface area contributed by atoms with Gasteiger partial charge in [-0.1, -0.05) is 17.7 Å². The molecule has 3 nitrogen and oxygen atoms in total. The van der Waals surface area contributed by atoms with Gasteiger partial charge in [-0.3, -0.25) is 4.98 Å². The zero-order chi connectivity index (χ0) is 13.7. The van der Waals surface area contributed by atoms with E-state index in [4.69, 9.17) is 32.7 Å². The van der Waals surface area contributed by atoms with E-state index in [-0.39, 0.29) is 0 Å². The lowest BCUT2D eigenvalue weighted by Gasteiger charge is -2.12. The number of hydrogen-bond acceptors (Lipinski definition) is 3. The Morgan fingerprint density at radius 2 is 2.05 bits per heavy atom. The number of pyridine rings is 1. The van der Waals surface area contributed by atoms with Crippen molar-refractivity contribution in [1.29, 1.82) is 0 Å². The fraction of sp³-hybridized carbons (Fsp3) is 0.214. The van der Waals surface area contributed by atoms with Crippen LogP contribution in [0, 0.1) is 0 Å². The minimum atomic E-state index is 0.351. The molecule has 0 fully saturated rings. The first-order chi connectivity index (χ1) is 9.24. The second-order valence-corrected chi connectivity index (χ2v) is 4.55. The quantitative estimate of drug-likeness (QED) is 0.780. The summed E-state index contributed by atoms with van der Waals surface area (Å²) in [6.07, 6.45) is 3.27. The molecule has 0 radical (unpaired) electrons. The minimum absolute atomic E-state index is 0.351. The molecule has 0 spiro atoms. The molecule has 19 heavy (non-hydrogen) atoms. The Morgan fingerprint density at radius 3 is 2.74 bits per heavy atom. The van der Waals surface area contributed by atoms with E-state index in [0.29, 0.717) is 29.0 Å². The standard InChI is InChI=1S/C14H13Cl2NO2/c1-18-13-3-2-10(7-15)6-14(13)19-9-11-4-5-17-8-12(11)16/h2-6,8H,7,9H2,1H3. The first-order valence-electron chi connectivity index (χ1n) is 5.68. The lowest BCUT2D eigenvalue weighted by Crippen LogP contribution is -1.99. The molecule has 2 aromatic rings. The van der Waals surface area contributed by atoms with Crippen molar-refractivity contribution < 1.29 is 9.47 Å². The third-order valence-corrected chi connectivity index (χ3v) is 3.27. The van der Waals surface area contributed by atoms with Crippen LogP contribution in [0.1, 0.15) is 11.1 Å². The van der Waals surface area contributed by atoms with Crippen molar-refractivity contribution in [3.05, 3.63) is 52.8 Å². The van der Waals surface area contributed by atoms with Crippen LogP contribution in [0.2, 0.25) is 5.02 Å². The van der Waals surface area contributed by atoms with Crippen LogP contribution in [0.15, 0.2) is 36.7 Å². The van der Waals surface area contributed by atoms with Gasteiger partial charge in [0.15, 0.2) is 11.5 Å². The van der Waals surface area contributed by atoms with E-state index in [0.717, 1.165) is 11.1 Å². The molecule has 0 atom stereocenters. The van der Waals surface area contributed by atoms with Gasteiger partial charge in [-0.05, 0) is 23.8 Å². The number of hydrogen-bond donors (Lipinski definition) is 0. The lowest BCUT2D eigenvalue weighted by atomic mass is 10.2. The molecular weight excluding hydrogens is 285 g/mol. The topological polar surface area (TPSA) is 31.4 Å². The molecule has 0 saturated heterocycles. The van der Waals surface area contributed by atoms with Crippen molar-refractivity contribution in [2.24, 2.45) is 0 Å². The molecule has 1 aromatic carbocycles. The van der Waals surface area contributed by atoms with Crippen LogP contribution in [0.3, 0.4) is 0 Å². The lowest BCUT2D eigenvalue weighted by molar-refractivity contribution is 0.284. The van der Waals surface area contributed by atoms with Crippen LogP contribution in [-0.4, -0.2) is 12.1 Å². The summed E-state index contributed by atoms with van der Waals surface area (Å²) in [4.78, 5) is 3.93. The Balaban J connectivity index is 2.16. The van der Waals surface area contributed by atoms with Crippen LogP contribution < -0.4 is 9.47 Å². The maximum Gasteiger partial charge on any atom is 0.161 e. The summed E-state index contributed by atoms with van der Waals surface area (Å²) in [5, 5.41) is 0.579. The molecule has 0 aliphatic carbocycles. The molecule has 1 heterocycles. The van der Waals surface area contributed by atoms with Crippen molar-refractivity contribution in [3.63, 3.8) is 0 Å². The summed E-state index contributed by atoms with van der Waals surface area (Å²) in [7, 11) is 1.60. The van der Waals surface area contributed by atoms with Crippen LogP contribution in [0.4, 0.5) is 0 Å². The Labute approximate surface area is 122 Å². The van der Waals surface area contributed by atoms with E-state index in [1.807, 2.05) is 24.3 Å². The zero-order valence-electron chi connectivity index (χ0n) is 10.4. The highest BCUT2D eigenvalue weighted by Crippen LogP contribution is 2.30. The third-order valence-electron chi connectivity index (χ3n) is 2.62. The molecule has 0 amide bonds. The number of benzene rings is 1. The SMILES string of the molecule is COc1ccc(CCl)cc1OCc1ccncc1Cl. The molecule has 0 unspecified atom stereocenters. The summed E-state index contributed by atoms with van der Waals surface area (Å²) in [6, 6.07) is 7.42. The van der Waals surface area contributed by atoms with Gasteiger partial charge in [-0.25, -0.2) is 0 Å². The number of alkyl halides is 1. The molecule has 0 aliphatic rings. The van der Waals surface area contributed by atoms with Crippen molar-refractivity contribution in [2.45, 2.75) is 12.5 Å². The molecule has 0 N–H and O–H groups in total. The van der Waals surface area contributed by atoms with E-state index in [1.165, 1.54) is 0 Å². The Hall–Kier alpha value is -1.45. The van der Waals surface area contributed by atoms with Gasteiger partial charge >= 0.3 is 0 Å². The highest BCUT2D eigenvalue weighted by atomic mass is 35.5. The average molecular weight is 298 g/mol.